The smallest absolute Gasteiger partial charge is 0.410 e. The van der Waals surface area contributed by atoms with Gasteiger partial charge >= 0.3 is 6.09 Å². The van der Waals surface area contributed by atoms with E-state index >= 15 is 0 Å². The number of nitrogens with one attached hydrogen (secondary N) is 1. The molecule has 3 aromatic rings. The van der Waals surface area contributed by atoms with Gasteiger partial charge in [-0.25, -0.2) is 4.79 Å². The minimum Gasteiger partial charge on any atom is -0.410 e. The molecule has 0 heterocycles. The molecule has 0 atom stereocenters. The van der Waals surface area contributed by atoms with Gasteiger partial charge in [-0.1, -0.05) is 79.9 Å². The largest absolute Gasteiger partial charge is 0.412 e. The van der Waals surface area contributed by atoms with Gasteiger partial charge in [-0.15, -0.1) is 0 Å². The monoisotopic (exact) mass is 371 g/mol. The Hall–Kier alpha value is -3.07. The van der Waals surface area contributed by atoms with Crippen molar-refractivity contribution in [2.24, 2.45) is 0 Å². The topological polar surface area (TPSA) is 38.3 Å². The van der Waals surface area contributed by atoms with Gasteiger partial charge in [0.15, 0.2) is 0 Å². The summed E-state index contributed by atoms with van der Waals surface area (Å²) in [7, 11) is 0. The Balaban J connectivity index is 1.61. The lowest BCUT2D eigenvalue weighted by atomic mass is 9.96. The molecule has 3 heteroatoms. The molecule has 1 aliphatic rings. The van der Waals surface area contributed by atoms with Crippen LogP contribution in [-0.4, -0.2) is 12.1 Å². The summed E-state index contributed by atoms with van der Waals surface area (Å²) in [5.41, 5.74) is 4.25. The molecule has 0 aliphatic heterocycles. The second-order valence-corrected chi connectivity index (χ2v) is 7.35. The lowest BCUT2D eigenvalue weighted by molar-refractivity contribution is 0.192. The van der Waals surface area contributed by atoms with Gasteiger partial charge in [0.1, 0.15) is 5.75 Å². The van der Waals surface area contributed by atoms with Gasteiger partial charge in [0.2, 0.25) is 0 Å². The summed E-state index contributed by atoms with van der Waals surface area (Å²) in [6.45, 7) is 0. The van der Waals surface area contributed by atoms with Crippen molar-refractivity contribution in [3.05, 3.63) is 78.9 Å². The molecular weight excluding hydrogens is 346 g/mol. The maximum atomic E-state index is 12.4. The Labute approximate surface area is 166 Å². The van der Waals surface area contributed by atoms with Crippen molar-refractivity contribution in [2.45, 2.75) is 38.1 Å². The van der Waals surface area contributed by atoms with Crippen LogP contribution in [0.4, 0.5) is 4.79 Å². The zero-order valence-electron chi connectivity index (χ0n) is 15.9. The Bertz CT molecular complexity index is 858. The molecule has 1 N–H and O–H groups in total. The van der Waals surface area contributed by atoms with Crippen LogP contribution in [0, 0.1) is 0 Å². The van der Waals surface area contributed by atoms with Gasteiger partial charge < -0.3 is 10.1 Å². The summed E-state index contributed by atoms with van der Waals surface area (Å²) in [6.07, 6.45) is 5.31. The second-order valence-electron chi connectivity index (χ2n) is 7.35. The minimum absolute atomic E-state index is 0.229. The van der Waals surface area contributed by atoms with E-state index < -0.39 is 0 Å². The highest BCUT2D eigenvalue weighted by Gasteiger charge is 2.17. The maximum absolute atomic E-state index is 12.4. The van der Waals surface area contributed by atoms with E-state index in [0.717, 1.165) is 35.1 Å². The summed E-state index contributed by atoms with van der Waals surface area (Å²) in [6, 6.07) is 26.5. The number of rotatable bonds is 4. The zero-order valence-corrected chi connectivity index (χ0v) is 15.9. The third-order valence-electron chi connectivity index (χ3n) is 5.26. The number of hydrogen-bond acceptors (Lipinski definition) is 2. The van der Waals surface area contributed by atoms with Crippen LogP contribution in [0.25, 0.3) is 22.3 Å². The summed E-state index contributed by atoms with van der Waals surface area (Å²) >= 11 is 0. The summed E-state index contributed by atoms with van der Waals surface area (Å²) in [5.74, 6) is 0.563. The van der Waals surface area contributed by atoms with Crippen molar-refractivity contribution in [3.63, 3.8) is 0 Å². The summed E-state index contributed by atoms with van der Waals surface area (Å²) in [5, 5.41) is 3.02. The van der Waals surface area contributed by atoms with E-state index in [4.69, 9.17) is 4.74 Å². The van der Waals surface area contributed by atoms with E-state index in [0.29, 0.717) is 5.75 Å². The number of hydrogen-bond donors (Lipinski definition) is 1. The SMILES string of the molecule is O=C(NC1CCCCC1)Oc1cc(-c2ccccc2)cc(-c2ccccc2)c1. The minimum atomic E-state index is -0.365. The molecule has 1 amide bonds. The Morgan fingerprint density at radius 1 is 0.714 bits per heavy atom. The normalized spacial score (nSPS) is 14.4. The standard InChI is InChI=1S/C25H25NO2/c27-25(26-23-14-8-3-9-15-23)28-24-17-21(19-10-4-1-5-11-19)16-22(18-24)20-12-6-2-7-13-20/h1-2,4-7,10-13,16-18,23H,3,8-9,14-15H2,(H,26,27). The maximum Gasteiger partial charge on any atom is 0.412 e. The Morgan fingerprint density at radius 2 is 1.25 bits per heavy atom. The van der Waals surface area contributed by atoms with Gasteiger partial charge in [0, 0.05) is 6.04 Å². The van der Waals surface area contributed by atoms with Crippen molar-refractivity contribution >= 4 is 6.09 Å². The second kappa shape index (κ2) is 8.75. The third-order valence-corrected chi connectivity index (χ3v) is 5.26. The van der Waals surface area contributed by atoms with Crippen LogP contribution >= 0.6 is 0 Å². The van der Waals surface area contributed by atoms with Crippen LogP contribution in [0.3, 0.4) is 0 Å². The molecule has 0 unspecified atom stereocenters. The zero-order chi connectivity index (χ0) is 19.2. The van der Waals surface area contributed by atoms with E-state index in [2.05, 4.69) is 35.6 Å². The average molecular weight is 371 g/mol. The highest BCUT2D eigenvalue weighted by Crippen LogP contribution is 2.31. The van der Waals surface area contributed by atoms with E-state index in [1.54, 1.807) is 0 Å². The predicted molar refractivity (Wildman–Crippen MR) is 113 cm³/mol. The number of amides is 1. The highest BCUT2D eigenvalue weighted by molar-refractivity contribution is 5.77. The van der Waals surface area contributed by atoms with Gasteiger partial charge in [-0.3, -0.25) is 0 Å². The number of carbonyl (C=O) groups excluding carboxylic acids is 1. The van der Waals surface area contributed by atoms with Crippen LogP contribution in [0.5, 0.6) is 5.75 Å². The van der Waals surface area contributed by atoms with Gasteiger partial charge in [-0.2, -0.15) is 0 Å². The Kier molecular flexibility index (Phi) is 5.72. The van der Waals surface area contributed by atoms with Crippen molar-refractivity contribution < 1.29 is 9.53 Å². The van der Waals surface area contributed by atoms with Crippen molar-refractivity contribution in [1.29, 1.82) is 0 Å². The number of carbonyl (C=O) groups is 1. The number of benzene rings is 3. The fraction of sp³-hybridized carbons (Fsp3) is 0.240. The van der Waals surface area contributed by atoms with Gasteiger partial charge in [0.25, 0.3) is 0 Å². The first kappa shape index (κ1) is 18.3. The first-order chi connectivity index (χ1) is 13.8. The first-order valence-corrected chi connectivity index (χ1v) is 10.0. The van der Waals surface area contributed by atoms with Crippen LogP contribution < -0.4 is 10.1 Å². The molecule has 0 spiro atoms. The van der Waals surface area contributed by atoms with Crippen LogP contribution in [0.2, 0.25) is 0 Å². The highest BCUT2D eigenvalue weighted by atomic mass is 16.6. The molecule has 0 radical (unpaired) electrons. The van der Waals surface area contributed by atoms with E-state index in [1.807, 2.05) is 48.5 Å². The molecular formula is C25H25NO2. The van der Waals surface area contributed by atoms with E-state index in [1.165, 1.54) is 19.3 Å². The molecule has 0 bridgehead atoms. The molecule has 28 heavy (non-hydrogen) atoms. The van der Waals surface area contributed by atoms with Crippen molar-refractivity contribution in [2.75, 3.05) is 0 Å². The molecule has 1 aliphatic carbocycles. The fourth-order valence-electron chi connectivity index (χ4n) is 3.80. The van der Waals surface area contributed by atoms with Crippen LogP contribution in [0.1, 0.15) is 32.1 Å². The average Bonchev–Trinajstić information content (AvgIpc) is 2.75. The molecule has 1 fully saturated rings. The summed E-state index contributed by atoms with van der Waals surface area (Å²) in [4.78, 5) is 12.4. The predicted octanol–water partition coefficient (Wildman–Crippen LogP) is 6.44. The molecule has 0 saturated heterocycles. The molecule has 3 aromatic carbocycles. The lowest BCUT2D eigenvalue weighted by Gasteiger charge is -2.22. The molecule has 142 valence electrons. The van der Waals surface area contributed by atoms with E-state index in [-0.39, 0.29) is 12.1 Å². The first-order valence-electron chi connectivity index (χ1n) is 10.0. The number of ether oxygens (including phenoxy) is 1. The Morgan fingerprint density at radius 3 is 1.79 bits per heavy atom. The lowest BCUT2D eigenvalue weighted by Crippen LogP contribution is -2.38. The van der Waals surface area contributed by atoms with Crippen molar-refractivity contribution in [3.8, 4) is 28.0 Å². The molecule has 3 nitrogen and oxygen atoms in total. The van der Waals surface area contributed by atoms with Crippen molar-refractivity contribution in [1.82, 2.24) is 5.32 Å². The molecule has 1 saturated carbocycles. The molecule has 0 aromatic heterocycles. The van der Waals surface area contributed by atoms with Gasteiger partial charge in [-0.05, 0) is 53.3 Å². The third kappa shape index (κ3) is 4.61. The van der Waals surface area contributed by atoms with Crippen LogP contribution in [-0.2, 0) is 0 Å². The summed E-state index contributed by atoms with van der Waals surface area (Å²) < 4.78 is 5.69. The quantitative estimate of drug-likeness (QED) is 0.573. The molecule has 4 rings (SSSR count). The van der Waals surface area contributed by atoms with Gasteiger partial charge in [0.05, 0.1) is 0 Å². The van der Waals surface area contributed by atoms with Crippen LogP contribution in [0.15, 0.2) is 78.9 Å². The van der Waals surface area contributed by atoms with E-state index in [9.17, 15) is 4.79 Å². The fourth-order valence-corrected chi connectivity index (χ4v) is 3.80.